The molecule has 3 heterocycles. The Labute approximate surface area is 159 Å². The summed E-state index contributed by atoms with van der Waals surface area (Å²) in [6.45, 7) is 0.0840. The van der Waals surface area contributed by atoms with Crippen molar-refractivity contribution in [2.24, 2.45) is 5.41 Å². The number of amides is 4. The van der Waals surface area contributed by atoms with Gasteiger partial charge >= 0.3 is 16.4 Å². The Kier molecular flexibility index (Phi) is 4.24. The lowest BCUT2D eigenvalue weighted by Crippen LogP contribution is -2.56. The molecule has 2 aliphatic heterocycles. The molecule has 4 amide bonds. The van der Waals surface area contributed by atoms with Crippen LogP contribution in [-0.4, -0.2) is 64.4 Å². The average Bonchev–Trinajstić information content (AvgIpc) is 3.37. The fourth-order valence-electron chi connectivity index (χ4n) is 3.81. The Morgan fingerprint density at radius 2 is 2.04 bits per heavy atom. The summed E-state index contributed by atoms with van der Waals surface area (Å²) < 4.78 is 35.5. The molecule has 1 saturated carbocycles. The molecule has 3 aliphatic rings. The first-order chi connectivity index (χ1) is 13.2. The molecule has 2 bridgehead atoms. The van der Waals surface area contributed by atoms with Crippen LogP contribution >= 0.6 is 0 Å². The Morgan fingerprint density at radius 1 is 1.29 bits per heavy atom. The smallest absolute Gasteiger partial charge is 0.309 e. The van der Waals surface area contributed by atoms with Gasteiger partial charge in [0.05, 0.1) is 6.04 Å². The summed E-state index contributed by atoms with van der Waals surface area (Å²) in [5.74, 6) is -1.23. The van der Waals surface area contributed by atoms with Crippen LogP contribution in [0.3, 0.4) is 0 Å². The van der Waals surface area contributed by atoms with Crippen molar-refractivity contribution in [3.05, 3.63) is 30.1 Å². The number of fused-ring (bicyclic) bond motifs is 3. The van der Waals surface area contributed by atoms with Crippen molar-refractivity contribution in [1.82, 2.24) is 25.8 Å². The molecular formula is C15H17N5O7S. The van der Waals surface area contributed by atoms with Crippen LogP contribution in [0.2, 0.25) is 0 Å². The predicted molar refractivity (Wildman–Crippen MR) is 90.3 cm³/mol. The van der Waals surface area contributed by atoms with Gasteiger partial charge in [-0.2, -0.15) is 13.5 Å². The topological polar surface area (TPSA) is 158 Å². The third-order valence-electron chi connectivity index (χ3n) is 5.34. The number of rotatable bonds is 4. The monoisotopic (exact) mass is 411 g/mol. The van der Waals surface area contributed by atoms with Crippen molar-refractivity contribution in [2.75, 3.05) is 6.54 Å². The fourth-order valence-corrected chi connectivity index (χ4v) is 4.18. The summed E-state index contributed by atoms with van der Waals surface area (Å²) in [5, 5.41) is 0.627. The van der Waals surface area contributed by atoms with Crippen LogP contribution in [0.15, 0.2) is 24.4 Å². The molecule has 3 fully saturated rings. The maximum absolute atomic E-state index is 12.6. The van der Waals surface area contributed by atoms with Crippen molar-refractivity contribution in [2.45, 2.75) is 31.3 Å². The number of nitrogens with one attached hydrogen (secondary N) is 2. The van der Waals surface area contributed by atoms with E-state index >= 15 is 0 Å². The summed E-state index contributed by atoms with van der Waals surface area (Å²) in [4.78, 5) is 42.2. The maximum atomic E-state index is 12.6. The number of carbonyl (C=O) groups is 3. The molecule has 0 unspecified atom stereocenters. The summed E-state index contributed by atoms with van der Waals surface area (Å²) >= 11 is 0. The zero-order chi connectivity index (χ0) is 20.1. The van der Waals surface area contributed by atoms with Gasteiger partial charge in [0.15, 0.2) is 0 Å². The van der Waals surface area contributed by atoms with Crippen molar-refractivity contribution >= 4 is 28.2 Å². The van der Waals surface area contributed by atoms with Crippen molar-refractivity contribution in [1.29, 1.82) is 0 Å². The molecule has 28 heavy (non-hydrogen) atoms. The number of hydrogen-bond acceptors (Lipinski definition) is 7. The van der Waals surface area contributed by atoms with Gasteiger partial charge in [0.2, 0.25) is 0 Å². The number of nitrogens with zero attached hydrogens (tertiary/aromatic N) is 3. The van der Waals surface area contributed by atoms with E-state index in [9.17, 15) is 22.8 Å². The van der Waals surface area contributed by atoms with Gasteiger partial charge in [-0.3, -0.25) is 30.0 Å². The van der Waals surface area contributed by atoms with E-state index < -0.39 is 45.7 Å². The van der Waals surface area contributed by atoms with Gasteiger partial charge in [0.25, 0.3) is 11.8 Å². The van der Waals surface area contributed by atoms with Gasteiger partial charge in [-0.1, -0.05) is 6.07 Å². The van der Waals surface area contributed by atoms with Gasteiger partial charge in [-0.25, -0.2) is 4.79 Å². The Morgan fingerprint density at radius 3 is 2.64 bits per heavy atom. The van der Waals surface area contributed by atoms with E-state index in [0.717, 1.165) is 0 Å². The minimum absolute atomic E-state index is 0.0840. The highest BCUT2D eigenvalue weighted by Crippen LogP contribution is 2.59. The number of hydroxylamine groups is 2. The molecule has 1 aromatic rings. The van der Waals surface area contributed by atoms with Crippen LogP contribution in [-0.2, 0) is 19.5 Å². The molecule has 1 aliphatic carbocycles. The Bertz CT molecular complexity index is 933. The predicted octanol–water partition coefficient (Wildman–Crippen LogP) is -0.764. The largest absolute Gasteiger partial charge is 0.418 e. The minimum atomic E-state index is -4.88. The quantitative estimate of drug-likeness (QED) is 0.431. The first-order valence-electron chi connectivity index (χ1n) is 8.48. The number of carbonyl (C=O) groups excluding carboxylic acids is 3. The number of pyridine rings is 1. The number of aromatic nitrogens is 1. The van der Waals surface area contributed by atoms with Gasteiger partial charge in [0.1, 0.15) is 11.7 Å². The van der Waals surface area contributed by atoms with Crippen molar-refractivity contribution in [3.63, 3.8) is 0 Å². The normalized spacial score (nSPS) is 25.0. The molecular weight excluding hydrogens is 394 g/mol. The lowest BCUT2D eigenvalue weighted by Gasteiger charge is -2.35. The molecule has 0 aromatic carbocycles. The van der Waals surface area contributed by atoms with E-state index in [4.69, 9.17) is 4.55 Å². The molecule has 1 spiro atoms. The summed E-state index contributed by atoms with van der Waals surface area (Å²) in [6, 6.07) is 2.42. The molecule has 2 atom stereocenters. The molecule has 13 heteroatoms. The third-order valence-corrected chi connectivity index (χ3v) is 5.69. The van der Waals surface area contributed by atoms with Crippen LogP contribution in [0.5, 0.6) is 0 Å². The first kappa shape index (κ1) is 18.6. The van der Waals surface area contributed by atoms with Crippen LogP contribution in [0.1, 0.15) is 29.8 Å². The third kappa shape index (κ3) is 3.27. The van der Waals surface area contributed by atoms with E-state index in [1.54, 1.807) is 12.1 Å². The Hall–Kier alpha value is -2.77. The number of hydrazine groups is 1. The van der Waals surface area contributed by atoms with E-state index in [1.165, 1.54) is 17.2 Å². The van der Waals surface area contributed by atoms with Crippen LogP contribution in [0, 0.1) is 5.41 Å². The minimum Gasteiger partial charge on any atom is -0.309 e. The summed E-state index contributed by atoms with van der Waals surface area (Å²) in [7, 11) is -4.88. The van der Waals surface area contributed by atoms with E-state index in [-0.39, 0.29) is 12.2 Å². The SMILES string of the molecule is O=C(NNC(=O)[C@@H]1CC2(CC2)[C@@H]2CN1C(=O)N2OS(=O)(=O)O)c1ccccn1. The second-order valence-electron chi connectivity index (χ2n) is 7.02. The highest BCUT2D eigenvalue weighted by Gasteiger charge is 2.65. The number of hydrogen-bond donors (Lipinski definition) is 3. The van der Waals surface area contributed by atoms with Crippen LogP contribution in [0.25, 0.3) is 0 Å². The van der Waals surface area contributed by atoms with Crippen molar-refractivity contribution in [3.8, 4) is 0 Å². The lowest BCUT2D eigenvalue weighted by atomic mass is 9.85. The molecule has 150 valence electrons. The van der Waals surface area contributed by atoms with E-state index in [1.807, 2.05) is 0 Å². The molecule has 12 nitrogen and oxygen atoms in total. The second-order valence-corrected chi connectivity index (χ2v) is 8.02. The highest BCUT2D eigenvalue weighted by atomic mass is 32.3. The molecule has 3 N–H and O–H groups in total. The highest BCUT2D eigenvalue weighted by molar-refractivity contribution is 7.80. The summed E-state index contributed by atoms with van der Waals surface area (Å²) in [6.07, 6.45) is 3.10. The van der Waals surface area contributed by atoms with E-state index in [2.05, 4.69) is 20.1 Å². The van der Waals surface area contributed by atoms with Crippen LogP contribution < -0.4 is 10.9 Å². The second kappa shape index (κ2) is 6.39. The van der Waals surface area contributed by atoms with Gasteiger partial charge in [-0.15, -0.1) is 4.28 Å². The molecule has 2 saturated heterocycles. The van der Waals surface area contributed by atoms with E-state index in [0.29, 0.717) is 24.3 Å². The number of piperidine rings is 1. The zero-order valence-corrected chi connectivity index (χ0v) is 15.3. The van der Waals surface area contributed by atoms with Gasteiger partial charge in [-0.05, 0) is 36.8 Å². The molecule has 4 rings (SSSR count). The molecule has 0 radical (unpaired) electrons. The first-order valence-corrected chi connectivity index (χ1v) is 9.85. The number of urea groups is 1. The fraction of sp³-hybridized carbons (Fsp3) is 0.467. The lowest BCUT2D eigenvalue weighted by molar-refractivity contribution is -0.128. The Balaban J connectivity index is 1.46. The summed E-state index contributed by atoms with van der Waals surface area (Å²) in [5.41, 5.74) is 4.18. The van der Waals surface area contributed by atoms with Gasteiger partial charge in [0, 0.05) is 12.7 Å². The standard InChI is InChI=1S/C15H17N5O7S/c21-12(9-3-1-2-6-16-9)17-18-13(22)10-7-15(4-5-15)11-8-19(10)14(23)20(11)27-28(24,25)26/h1-3,6,10-11H,4-5,7-8H2,(H,17,21)(H,18,22)(H,24,25,26)/t10-,11-/m0/s1. The molecule has 1 aromatic heterocycles. The maximum Gasteiger partial charge on any atom is 0.418 e. The average molecular weight is 411 g/mol. The van der Waals surface area contributed by atoms with Gasteiger partial charge < -0.3 is 4.90 Å². The van der Waals surface area contributed by atoms with Crippen molar-refractivity contribution < 1.29 is 31.6 Å². The zero-order valence-electron chi connectivity index (χ0n) is 14.4. The van der Waals surface area contributed by atoms with Crippen LogP contribution in [0.4, 0.5) is 4.79 Å².